The predicted molar refractivity (Wildman–Crippen MR) is 91.1 cm³/mol. The first-order valence-electron chi connectivity index (χ1n) is 8.86. The molecule has 0 radical (unpaired) electrons. The lowest BCUT2D eigenvalue weighted by Crippen LogP contribution is -2.48. The van der Waals surface area contributed by atoms with E-state index in [1.54, 1.807) is 4.90 Å². The van der Waals surface area contributed by atoms with Gasteiger partial charge in [0, 0.05) is 25.6 Å². The van der Waals surface area contributed by atoms with Gasteiger partial charge in [-0.25, -0.2) is 8.78 Å². The Kier molecular flexibility index (Phi) is 5.27. The van der Waals surface area contributed by atoms with Gasteiger partial charge >= 0.3 is 5.97 Å². The van der Waals surface area contributed by atoms with Crippen molar-refractivity contribution >= 4 is 11.9 Å². The second-order valence-electron chi connectivity index (χ2n) is 7.44. The van der Waals surface area contributed by atoms with Crippen LogP contribution in [-0.2, 0) is 20.9 Å². The van der Waals surface area contributed by atoms with Crippen molar-refractivity contribution in [3.63, 3.8) is 0 Å². The molecule has 2 aliphatic rings. The molecule has 26 heavy (non-hydrogen) atoms. The SMILES string of the molecule is COC(=O)[C@@H](C)N1CCC2(CC1)CC(=O)N(Cc1cc(F)cc(F)c1)C2. The van der Waals surface area contributed by atoms with Crippen molar-refractivity contribution < 1.29 is 23.1 Å². The first kappa shape index (κ1) is 18.8. The Morgan fingerprint density at radius 1 is 1.23 bits per heavy atom. The van der Waals surface area contributed by atoms with E-state index in [-0.39, 0.29) is 29.9 Å². The van der Waals surface area contributed by atoms with Crippen LogP contribution in [0.3, 0.4) is 0 Å². The highest BCUT2D eigenvalue weighted by Gasteiger charge is 2.45. The fourth-order valence-corrected chi connectivity index (χ4v) is 4.09. The molecule has 2 heterocycles. The molecule has 0 saturated carbocycles. The summed E-state index contributed by atoms with van der Waals surface area (Å²) in [7, 11) is 1.38. The molecule has 7 heteroatoms. The molecule has 0 aliphatic carbocycles. The van der Waals surface area contributed by atoms with Gasteiger partial charge in [-0.2, -0.15) is 0 Å². The maximum atomic E-state index is 13.4. The normalized spacial score (nSPS) is 21.2. The molecule has 2 fully saturated rings. The molecule has 3 rings (SSSR count). The maximum Gasteiger partial charge on any atom is 0.322 e. The predicted octanol–water partition coefficient (Wildman–Crippen LogP) is 2.34. The Morgan fingerprint density at radius 2 is 1.85 bits per heavy atom. The van der Waals surface area contributed by atoms with E-state index in [0.717, 1.165) is 32.0 Å². The molecule has 1 aromatic carbocycles. The van der Waals surface area contributed by atoms with Crippen LogP contribution in [0.4, 0.5) is 8.78 Å². The molecule has 2 saturated heterocycles. The molecule has 1 spiro atoms. The van der Waals surface area contributed by atoms with Crippen LogP contribution in [0.1, 0.15) is 31.7 Å². The summed E-state index contributed by atoms with van der Waals surface area (Å²) in [5.74, 6) is -1.50. The fourth-order valence-electron chi connectivity index (χ4n) is 4.09. The van der Waals surface area contributed by atoms with E-state index in [9.17, 15) is 18.4 Å². The number of nitrogens with zero attached hydrogens (tertiary/aromatic N) is 2. The zero-order valence-electron chi connectivity index (χ0n) is 15.1. The summed E-state index contributed by atoms with van der Waals surface area (Å²) in [6.07, 6.45) is 2.08. The minimum absolute atomic E-state index is 0.0177. The van der Waals surface area contributed by atoms with E-state index < -0.39 is 11.6 Å². The number of methoxy groups -OCH3 is 1. The molecule has 0 N–H and O–H groups in total. The Balaban J connectivity index is 1.62. The lowest BCUT2D eigenvalue weighted by atomic mass is 9.77. The average molecular weight is 366 g/mol. The molecule has 5 nitrogen and oxygen atoms in total. The largest absolute Gasteiger partial charge is 0.468 e. The number of rotatable bonds is 4. The molecular formula is C19H24F2N2O3. The second kappa shape index (κ2) is 7.31. The van der Waals surface area contributed by atoms with Crippen molar-refractivity contribution in [2.24, 2.45) is 5.41 Å². The van der Waals surface area contributed by atoms with Gasteiger partial charge in [-0.15, -0.1) is 0 Å². The van der Waals surface area contributed by atoms with Crippen molar-refractivity contribution in [1.82, 2.24) is 9.80 Å². The van der Waals surface area contributed by atoms with Crippen molar-refractivity contribution in [2.45, 2.75) is 38.8 Å². The van der Waals surface area contributed by atoms with Crippen LogP contribution >= 0.6 is 0 Å². The number of hydrogen-bond donors (Lipinski definition) is 0. The van der Waals surface area contributed by atoms with Crippen LogP contribution in [0.15, 0.2) is 18.2 Å². The van der Waals surface area contributed by atoms with E-state index in [4.69, 9.17) is 4.74 Å². The summed E-state index contributed by atoms with van der Waals surface area (Å²) in [5, 5.41) is 0. The van der Waals surface area contributed by atoms with Crippen molar-refractivity contribution in [2.75, 3.05) is 26.7 Å². The number of carbonyl (C=O) groups is 2. The van der Waals surface area contributed by atoms with E-state index >= 15 is 0 Å². The van der Waals surface area contributed by atoms with Crippen LogP contribution < -0.4 is 0 Å². The molecule has 1 atom stereocenters. The zero-order chi connectivity index (χ0) is 18.9. The van der Waals surface area contributed by atoms with E-state index in [1.165, 1.54) is 19.2 Å². The van der Waals surface area contributed by atoms with Crippen LogP contribution in [-0.4, -0.2) is 54.5 Å². The van der Waals surface area contributed by atoms with Crippen molar-refractivity contribution in [3.05, 3.63) is 35.4 Å². The third-order valence-corrected chi connectivity index (χ3v) is 5.65. The summed E-state index contributed by atoms with van der Waals surface area (Å²) in [5.41, 5.74) is 0.347. The van der Waals surface area contributed by atoms with E-state index in [0.29, 0.717) is 18.5 Å². The van der Waals surface area contributed by atoms with Gasteiger partial charge in [-0.1, -0.05) is 0 Å². The Labute approximate surface area is 151 Å². The third-order valence-electron chi connectivity index (χ3n) is 5.65. The molecule has 0 aromatic heterocycles. The van der Waals surface area contributed by atoms with Crippen LogP contribution in [0.2, 0.25) is 0 Å². The van der Waals surface area contributed by atoms with Gasteiger partial charge in [0.25, 0.3) is 0 Å². The minimum atomic E-state index is -0.633. The number of esters is 1. The molecule has 1 amide bonds. The first-order valence-corrected chi connectivity index (χ1v) is 8.86. The Hall–Kier alpha value is -2.02. The molecular weight excluding hydrogens is 342 g/mol. The van der Waals surface area contributed by atoms with E-state index in [2.05, 4.69) is 4.90 Å². The lowest BCUT2D eigenvalue weighted by molar-refractivity contribution is -0.147. The molecule has 2 aliphatic heterocycles. The first-order chi connectivity index (χ1) is 12.3. The summed E-state index contributed by atoms with van der Waals surface area (Å²) >= 11 is 0. The number of benzene rings is 1. The monoisotopic (exact) mass is 366 g/mol. The van der Waals surface area contributed by atoms with Crippen molar-refractivity contribution in [3.8, 4) is 0 Å². The summed E-state index contributed by atoms with van der Waals surface area (Å²) < 4.78 is 31.5. The number of ether oxygens (including phenoxy) is 1. The molecule has 142 valence electrons. The maximum absolute atomic E-state index is 13.4. The van der Waals surface area contributed by atoms with Crippen molar-refractivity contribution in [1.29, 1.82) is 0 Å². The van der Waals surface area contributed by atoms with Crippen LogP contribution in [0, 0.1) is 17.0 Å². The summed E-state index contributed by atoms with van der Waals surface area (Å²) in [6, 6.07) is 3.07. The topological polar surface area (TPSA) is 49.9 Å². The molecule has 0 bridgehead atoms. The zero-order valence-corrected chi connectivity index (χ0v) is 15.1. The number of hydrogen-bond acceptors (Lipinski definition) is 4. The van der Waals surface area contributed by atoms with Gasteiger partial charge in [0.2, 0.25) is 5.91 Å². The average Bonchev–Trinajstić information content (AvgIpc) is 2.88. The summed E-state index contributed by atoms with van der Waals surface area (Å²) in [6.45, 7) is 4.09. The fraction of sp³-hybridized carbons (Fsp3) is 0.579. The van der Waals surface area contributed by atoms with E-state index in [1.807, 2.05) is 6.92 Å². The smallest absolute Gasteiger partial charge is 0.322 e. The highest BCUT2D eigenvalue weighted by molar-refractivity contribution is 5.79. The van der Waals surface area contributed by atoms with Gasteiger partial charge in [-0.05, 0) is 56.0 Å². The summed E-state index contributed by atoms with van der Waals surface area (Å²) in [4.78, 5) is 27.9. The molecule has 1 aromatic rings. The van der Waals surface area contributed by atoms with Gasteiger partial charge in [-0.3, -0.25) is 14.5 Å². The standard InChI is InChI=1S/C19H24F2N2O3/c1-13(18(25)26-2)22-5-3-19(4-6-22)10-17(24)23(12-19)11-14-7-15(20)9-16(21)8-14/h7-9,13H,3-6,10-12H2,1-2H3/t13-/m1/s1. The quantitative estimate of drug-likeness (QED) is 0.768. The van der Waals surface area contributed by atoms with Crippen LogP contribution in [0.5, 0.6) is 0 Å². The highest BCUT2D eigenvalue weighted by Crippen LogP contribution is 2.41. The van der Waals surface area contributed by atoms with Gasteiger partial charge in [0.15, 0.2) is 0 Å². The number of amides is 1. The van der Waals surface area contributed by atoms with Gasteiger partial charge in [0.1, 0.15) is 17.7 Å². The Morgan fingerprint density at radius 3 is 2.42 bits per heavy atom. The number of likely N-dealkylation sites (tertiary alicyclic amines) is 2. The number of halogens is 2. The minimum Gasteiger partial charge on any atom is -0.468 e. The number of piperidine rings is 1. The van der Waals surface area contributed by atoms with Crippen LogP contribution in [0.25, 0.3) is 0 Å². The Bertz CT molecular complexity index is 682. The second-order valence-corrected chi connectivity index (χ2v) is 7.44. The lowest BCUT2D eigenvalue weighted by Gasteiger charge is -2.40. The van der Waals surface area contributed by atoms with Gasteiger partial charge < -0.3 is 9.64 Å². The highest BCUT2D eigenvalue weighted by atomic mass is 19.1. The third kappa shape index (κ3) is 3.87. The number of carbonyl (C=O) groups excluding carboxylic acids is 2. The molecule has 0 unspecified atom stereocenters. The van der Waals surface area contributed by atoms with Gasteiger partial charge in [0.05, 0.1) is 7.11 Å².